The summed E-state index contributed by atoms with van der Waals surface area (Å²) in [5, 5.41) is 17.5. The zero-order valence-corrected chi connectivity index (χ0v) is 26.4. The Morgan fingerprint density at radius 2 is 1.87 bits per heavy atom. The molecule has 214 valence electrons. The van der Waals surface area contributed by atoms with Crippen molar-refractivity contribution in [3.63, 3.8) is 0 Å². The van der Waals surface area contributed by atoms with Crippen molar-refractivity contribution in [2.75, 3.05) is 13.2 Å². The zero-order chi connectivity index (χ0) is 28.7. The number of benzene rings is 1. The Balaban J connectivity index is 0.00000760. The molecule has 3 amide bonds. The smallest absolute Gasteiger partial charge is 0.746 e. The SMILES string of the molecule is CC(C)C[C@H](NC(=O)OCC(C)(C)Sc1ccc(F)cc1)C(=O)N[C@@H](C[C@@H]1CCNC1=O)C(O)S(=O)(=O)[O-].[Na+]. The van der Waals surface area contributed by atoms with Crippen LogP contribution in [0.1, 0.15) is 47.0 Å². The second-order valence-corrected chi connectivity index (χ2v) is 13.5. The number of hydrogen-bond donors (Lipinski definition) is 4. The number of aliphatic hydroxyl groups is 1. The van der Waals surface area contributed by atoms with Crippen molar-refractivity contribution in [1.82, 2.24) is 16.0 Å². The topological polar surface area (TPSA) is 174 Å². The van der Waals surface area contributed by atoms with Gasteiger partial charge in [0.25, 0.3) is 0 Å². The summed E-state index contributed by atoms with van der Waals surface area (Å²) in [5.74, 6) is -2.35. The number of nitrogens with one attached hydrogen (secondary N) is 3. The van der Waals surface area contributed by atoms with Crippen molar-refractivity contribution in [2.45, 2.75) is 74.1 Å². The van der Waals surface area contributed by atoms with E-state index in [1.807, 2.05) is 13.8 Å². The van der Waals surface area contributed by atoms with Gasteiger partial charge in [-0.1, -0.05) is 13.8 Å². The van der Waals surface area contributed by atoms with Crippen LogP contribution in [0, 0.1) is 17.7 Å². The molecule has 0 spiro atoms. The van der Waals surface area contributed by atoms with E-state index < -0.39 is 50.3 Å². The Kier molecular flexibility index (Phi) is 14.2. The minimum Gasteiger partial charge on any atom is -0.746 e. The van der Waals surface area contributed by atoms with Gasteiger partial charge in [0.1, 0.15) is 28.6 Å². The molecule has 0 aliphatic carbocycles. The molecule has 2 rings (SSSR count). The maximum absolute atomic E-state index is 13.2. The first-order chi connectivity index (χ1) is 17.6. The van der Waals surface area contributed by atoms with Crippen molar-refractivity contribution in [3.8, 4) is 0 Å². The fourth-order valence-corrected chi connectivity index (χ4v) is 5.49. The number of amides is 3. The van der Waals surface area contributed by atoms with E-state index in [-0.39, 0.29) is 66.6 Å². The summed E-state index contributed by atoms with van der Waals surface area (Å²) in [5.41, 5.74) is -2.48. The second kappa shape index (κ2) is 15.5. The number of aliphatic hydroxyl groups excluding tert-OH is 1. The van der Waals surface area contributed by atoms with Gasteiger partial charge in [0.05, 0.1) is 6.04 Å². The fraction of sp³-hybridized carbons (Fsp3) is 0.625. The van der Waals surface area contributed by atoms with Gasteiger partial charge >= 0.3 is 35.7 Å². The third-order valence-corrected chi connectivity index (χ3v) is 7.84. The van der Waals surface area contributed by atoms with Gasteiger partial charge in [-0.2, -0.15) is 0 Å². The predicted octanol–water partition coefficient (Wildman–Crippen LogP) is -1.28. The van der Waals surface area contributed by atoms with Crippen molar-refractivity contribution in [2.24, 2.45) is 11.8 Å². The van der Waals surface area contributed by atoms with Gasteiger partial charge in [-0.05, 0) is 63.3 Å². The Bertz CT molecular complexity index is 1090. The van der Waals surface area contributed by atoms with Gasteiger partial charge < -0.3 is 30.3 Å². The van der Waals surface area contributed by atoms with Crippen LogP contribution in [0.15, 0.2) is 29.2 Å². The molecular weight excluding hydrogens is 564 g/mol. The van der Waals surface area contributed by atoms with Crippen LogP contribution in [-0.4, -0.2) is 71.4 Å². The number of thioether (sulfide) groups is 1. The van der Waals surface area contributed by atoms with Gasteiger partial charge in [-0.3, -0.25) is 9.59 Å². The van der Waals surface area contributed by atoms with E-state index in [2.05, 4.69) is 16.0 Å². The summed E-state index contributed by atoms with van der Waals surface area (Å²) in [4.78, 5) is 38.3. The molecule has 1 fully saturated rings. The predicted molar refractivity (Wildman–Crippen MR) is 137 cm³/mol. The van der Waals surface area contributed by atoms with E-state index in [4.69, 9.17) is 4.74 Å². The number of halogens is 1. The van der Waals surface area contributed by atoms with E-state index >= 15 is 0 Å². The number of carbonyl (C=O) groups is 3. The number of carbonyl (C=O) groups excluding carboxylic acids is 3. The summed E-state index contributed by atoms with van der Waals surface area (Å²) in [7, 11) is -5.21. The first-order valence-electron chi connectivity index (χ1n) is 12.2. The van der Waals surface area contributed by atoms with Crippen LogP contribution in [-0.2, 0) is 24.4 Å². The van der Waals surface area contributed by atoms with E-state index in [1.54, 1.807) is 26.0 Å². The van der Waals surface area contributed by atoms with E-state index in [1.165, 1.54) is 23.9 Å². The first-order valence-corrected chi connectivity index (χ1v) is 14.4. The van der Waals surface area contributed by atoms with Crippen LogP contribution in [0.4, 0.5) is 9.18 Å². The van der Waals surface area contributed by atoms with Crippen LogP contribution in [0.5, 0.6) is 0 Å². The molecular formula is C24H35FN3NaO8S2. The first kappa shape index (κ1) is 35.6. The summed E-state index contributed by atoms with van der Waals surface area (Å²) < 4.78 is 52.4. The molecule has 0 aromatic heterocycles. The molecule has 1 aromatic carbocycles. The Morgan fingerprint density at radius 1 is 1.26 bits per heavy atom. The Morgan fingerprint density at radius 3 is 2.38 bits per heavy atom. The Labute approximate surface area is 254 Å². The minimum atomic E-state index is -5.21. The zero-order valence-electron chi connectivity index (χ0n) is 22.7. The average molecular weight is 600 g/mol. The molecule has 39 heavy (non-hydrogen) atoms. The molecule has 0 radical (unpaired) electrons. The maximum Gasteiger partial charge on any atom is 1.00 e. The summed E-state index contributed by atoms with van der Waals surface area (Å²) in [6.07, 6.45) is -0.677. The quantitative estimate of drug-likeness (QED) is 0.122. The van der Waals surface area contributed by atoms with Crippen LogP contribution in [0.3, 0.4) is 0 Å². The Hall–Kier alpha value is -1.42. The van der Waals surface area contributed by atoms with Crippen molar-refractivity contribution < 1.29 is 71.1 Å². The molecule has 11 nitrogen and oxygen atoms in total. The van der Waals surface area contributed by atoms with Crippen LogP contribution in [0.25, 0.3) is 0 Å². The number of ether oxygens (including phenoxy) is 1. The third kappa shape index (κ3) is 12.3. The minimum absolute atomic E-state index is 0. The molecule has 1 aromatic rings. The van der Waals surface area contributed by atoms with E-state index in [0.29, 0.717) is 13.0 Å². The van der Waals surface area contributed by atoms with Gasteiger partial charge in [-0.25, -0.2) is 17.6 Å². The second-order valence-electron chi connectivity index (χ2n) is 10.2. The third-order valence-electron chi connectivity index (χ3n) is 5.74. The molecule has 0 bridgehead atoms. The van der Waals surface area contributed by atoms with Gasteiger partial charge in [-0.15, -0.1) is 11.8 Å². The molecule has 1 saturated heterocycles. The van der Waals surface area contributed by atoms with Gasteiger partial charge in [0.15, 0.2) is 5.44 Å². The molecule has 1 unspecified atom stereocenters. The van der Waals surface area contributed by atoms with E-state index in [0.717, 1.165) is 4.90 Å². The van der Waals surface area contributed by atoms with E-state index in [9.17, 15) is 36.9 Å². The average Bonchev–Trinajstić information content (AvgIpc) is 3.21. The van der Waals surface area contributed by atoms with Crippen LogP contribution >= 0.6 is 11.8 Å². The monoisotopic (exact) mass is 599 g/mol. The van der Waals surface area contributed by atoms with Crippen LogP contribution < -0.4 is 45.5 Å². The molecule has 1 aliphatic rings. The van der Waals surface area contributed by atoms with Crippen molar-refractivity contribution >= 4 is 39.8 Å². The maximum atomic E-state index is 13.2. The number of alkyl carbamates (subject to hydrolysis) is 1. The largest absolute Gasteiger partial charge is 1.00 e. The fourth-order valence-electron chi connectivity index (χ4n) is 3.88. The molecule has 15 heteroatoms. The summed E-state index contributed by atoms with van der Waals surface area (Å²) in [6, 6.07) is 3.12. The molecule has 1 aliphatic heterocycles. The normalized spacial score (nSPS) is 17.9. The molecule has 4 atom stereocenters. The standard InChI is InChI=1S/C24H36FN3O8S2.Na/c1-14(2)11-18(28-23(32)36-13-24(3,4)37-17-7-5-16(25)6-8-17)21(30)27-19(22(31)38(33,34)35)12-15-9-10-26-20(15)29;/h5-8,14-15,18-19,22,31H,9-13H2,1-4H3,(H,26,29)(H,27,30)(H,28,32)(H,33,34,35);/q;+1/p-1/t15-,18-,19-,22?;/m0./s1. The van der Waals surface area contributed by atoms with Gasteiger partial charge in [0.2, 0.25) is 11.8 Å². The summed E-state index contributed by atoms with van der Waals surface area (Å²) >= 11 is 1.36. The van der Waals surface area contributed by atoms with Crippen molar-refractivity contribution in [3.05, 3.63) is 30.1 Å². The number of hydrogen-bond acceptors (Lipinski definition) is 9. The van der Waals surface area contributed by atoms with Crippen molar-refractivity contribution in [1.29, 1.82) is 0 Å². The summed E-state index contributed by atoms with van der Waals surface area (Å²) in [6.45, 7) is 7.54. The molecule has 1 heterocycles. The van der Waals surface area contributed by atoms with Gasteiger partial charge in [0, 0.05) is 22.1 Å². The number of rotatable bonds is 13. The van der Waals surface area contributed by atoms with Crippen LogP contribution in [0.2, 0.25) is 0 Å². The molecule has 0 saturated carbocycles. The molecule has 4 N–H and O–H groups in total.